The lowest BCUT2D eigenvalue weighted by molar-refractivity contribution is -0.122. The van der Waals surface area contributed by atoms with Gasteiger partial charge in [-0.05, 0) is 48.2 Å². The van der Waals surface area contributed by atoms with E-state index >= 15 is 0 Å². The van der Waals surface area contributed by atoms with Gasteiger partial charge in [0.25, 0.3) is 0 Å². The number of nitrogens with one attached hydrogen (secondary N) is 1. The number of fused-ring (bicyclic) bond motifs is 1. The molecule has 23 heavy (non-hydrogen) atoms. The minimum atomic E-state index is -0.178. The highest BCUT2D eigenvalue weighted by Gasteiger charge is 2.19. The summed E-state index contributed by atoms with van der Waals surface area (Å²) in [5, 5.41) is 5.23. The second-order valence-electron chi connectivity index (χ2n) is 6.07. The molecule has 1 aliphatic heterocycles. The van der Waals surface area contributed by atoms with Gasteiger partial charge in [-0.15, -0.1) is 0 Å². The monoisotopic (exact) mass is 313 g/mol. The van der Waals surface area contributed by atoms with Gasteiger partial charge in [0.15, 0.2) is 0 Å². The third-order valence-corrected chi connectivity index (χ3v) is 4.49. The molecule has 2 aromatic rings. The van der Waals surface area contributed by atoms with Crippen LogP contribution in [0, 0.1) is 0 Å². The van der Waals surface area contributed by atoms with E-state index in [0.717, 1.165) is 41.5 Å². The van der Waals surface area contributed by atoms with Crippen LogP contribution in [0.3, 0.4) is 0 Å². The normalized spacial score (nSPS) is 18.8. The van der Waals surface area contributed by atoms with E-state index in [1.165, 1.54) is 0 Å². The topological polar surface area (TPSA) is 47.6 Å². The fourth-order valence-electron chi connectivity index (χ4n) is 2.96. The van der Waals surface area contributed by atoms with Crippen molar-refractivity contribution in [1.29, 1.82) is 0 Å². The van der Waals surface area contributed by atoms with Gasteiger partial charge in [0.2, 0.25) is 5.91 Å². The summed E-state index contributed by atoms with van der Waals surface area (Å²) in [6, 6.07) is 12.1. The van der Waals surface area contributed by atoms with E-state index < -0.39 is 0 Å². The number of carbonyl (C=O) groups excluding carboxylic acids is 1. The van der Waals surface area contributed by atoms with Gasteiger partial charge in [-0.2, -0.15) is 0 Å². The Morgan fingerprint density at radius 2 is 2.09 bits per heavy atom. The Bertz CT molecular complexity index is 692. The zero-order valence-corrected chi connectivity index (χ0v) is 13.7. The van der Waals surface area contributed by atoms with Crippen molar-refractivity contribution in [2.45, 2.75) is 31.8 Å². The first-order chi connectivity index (χ1) is 11.2. The summed E-state index contributed by atoms with van der Waals surface area (Å²) in [7, 11) is 1.66. The molecule has 1 saturated heterocycles. The van der Waals surface area contributed by atoms with Crippen LogP contribution in [0.1, 0.15) is 31.2 Å². The molecular formula is C19H23NO3. The molecule has 0 unspecified atom stereocenters. The molecule has 1 amide bonds. The molecule has 0 saturated carbocycles. The molecule has 4 heteroatoms. The summed E-state index contributed by atoms with van der Waals surface area (Å²) in [6.45, 7) is 3.35. The Hall–Kier alpha value is -2.07. The Balaban J connectivity index is 1.69. The van der Waals surface area contributed by atoms with Crippen molar-refractivity contribution in [3.05, 3.63) is 42.0 Å². The van der Waals surface area contributed by atoms with E-state index in [9.17, 15) is 4.79 Å². The van der Waals surface area contributed by atoms with Gasteiger partial charge < -0.3 is 14.8 Å². The molecule has 1 aliphatic rings. The lowest BCUT2D eigenvalue weighted by Gasteiger charge is -2.16. The van der Waals surface area contributed by atoms with Crippen LogP contribution in [0.15, 0.2) is 36.4 Å². The first-order valence-electron chi connectivity index (χ1n) is 8.14. The van der Waals surface area contributed by atoms with Crippen molar-refractivity contribution in [2.75, 3.05) is 20.3 Å². The van der Waals surface area contributed by atoms with E-state index in [-0.39, 0.29) is 17.9 Å². The molecule has 0 radical (unpaired) electrons. The van der Waals surface area contributed by atoms with Gasteiger partial charge in [-0.3, -0.25) is 4.79 Å². The summed E-state index contributed by atoms with van der Waals surface area (Å²) in [4.78, 5) is 12.4. The maximum Gasteiger partial charge on any atom is 0.227 e. The molecular weight excluding hydrogens is 290 g/mol. The number of rotatable bonds is 5. The molecule has 2 aromatic carbocycles. The highest BCUT2D eigenvalue weighted by Crippen LogP contribution is 2.25. The fourth-order valence-corrected chi connectivity index (χ4v) is 2.96. The highest BCUT2D eigenvalue weighted by atomic mass is 16.5. The van der Waals surface area contributed by atoms with Gasteiger partial charge in [-0.25, -0.2) is 0 Å². The Labute approximate surface area is 136 Å². The zero-order valence-electron chi connectivity index (χ0n) is 13.7. The first-order valence-corrected chi connectivity index (χ1v) is 8.14. The summed E-state index contributed by atoms with van der Waals surface area (Å²) < 4.78 is 10.8. The van der Waals surface area contributed by atoms with Crippen molar-refractivity contribution < 1.29 is 14.3 Å². The SMILES string of the molecule is COc1ccc2cc([C@H](C)C(=O)NC[C@H]3CCCO3)ccc2c1. The van der Waals surface area contributed by atoms with Crippen molar-refractivity contribution in [3.63, 3.8) is 0 Å². The standard InChI is InChI=1S/C19H23NO3/c1-13(19(21)20-12-18-4-3-9-23-18)14-5-6-16-11-17(22-2)8-7-15(16)10-14/h5-8,10-11,13,18H,3-4,9,12H2,1-2H3,(H,20,21)/t13-,18+/m0/s1. The Morgan fingerprint density at radius 3 is 2.83 bits per heavy atom. The van der Waals surface area contributed by atoms with E-state index in [0.29, 0.717) is 6.54 Å². The average molecular weight is 313 g/mol. The van der Waals surface area contributed by atoms with Crippen LogP contribution in [0.5, 0.6) is 5.75 Å². The fraction of sp³-hybridized carbons (Fsp3) is 0.421. The third-order valence-electron chi connectivity index (χ3n) is 4.49. The second kappa shape index (κ2) is 7.01. The van der Waals surface area contributed by atoms with Gasteiger partial charge in [0.1, 0.15) is 5.75 Å². The largest absolute Gasteiger partial charge is 0.497 e. The molecule has 1 fully saturated rings. The van der Waals surface area contributed by atoms with Crippen molar-refractivity contribution >= 4 is 16.7 Å². The molecule has 1 N–H and O–H groups in total. The third kappa shape index (κ3) is 3.64. The molecule has 1 heterocycles. The smallest absolute Gasteiger partial charge is 0.227 e. The van der Waals surface area contributed by atoms with Crippen molar-refractivity contribution in [3.8, 4) is 5.75 Å². The van der Waals surface area contributed by atoms with Crippen LogP contribution in [0.4, 0.5) is 0 Å². The molecule has 0 aromatic heterocycles. The summed E-state index contributed by atoms with van der Waals surface area (Å²) in [6.07, 6.45) is 2.30. The predicted molar refractivity (Wildman–Crippen MR) is 90.9 cm³/mol. The minimum absolute atomic E-state index is 0.0494. The van der Waals surface area contributed by atoms with Crippen LogP contribution in [0.25, 0.3) is 10.8 Å². The average Bonchev–Trinajstić information content (AvgIpc) is 3.11. The van der Waals surface area contributed by atoms with Crippen LogP contribution in [-0.4, -0.2) is 32.3 Å². The highest BCUT2D eigenvalue weighted by molar-refractivity contribution is 5.88. The lowest BCUT2D eigenvalue weighted by atomic mass is 9.97. The molecule has 0 bridgehead atoms. The van der Waals surface area contributed by atoms with Gasteiger partial charge in [-0.1, -0.05) is 24.3 Å². The molecule has 4 nitrogen and oxygen atoms in total. The van der Waals surface area contributed by atoms with E-state index in [1.807, 2.05) is 37.3 Å². The molecule has 0 spiro atoms. The lowest BCUT2D eigenvalue weighted by Crippen LogP contribution is -2.34. The van der Waals surface area contributed by atoms with Crippen LogP contribution in [-0.2, 0) is 9.53 Å². The number of hydrogen-bond donors (Lipinski definition) is 1. The van der Waals surface area contributed by atoms with Crippen molar-refractivity contribution in [1.82, 2.24) is 5.32 Å². The van der Waals surface area contributed by atoms with Crippen LogP contribution in [0.2, 0.25) is 0 Å². The molecule has 0 aliphatic carbocycles. The first kappa shape index (κ1) is 15.8. The van der Waals surface area contributed by atoms with Gasteiger partial charge in [0, 0.05) is 13.2 Å². The predicted octanol–water partition coefficient (Wildman–Crippen LogP) is 3.25. The summed E-state index contributed by atoms with van der Waals surface area (Å²) in [5.41, 5.74) is 1.02. The zero-order chi connectivity index (χ0) is 16.2. The number of amides is 1. The van der Waals surface area contributed by atoms with E-state index in [4.69, 9.17) is 9.47 Å². The number of methoxy groups -OCH3 is 1. The molecule has 122 valence electrons. The van der Waals surface area contributed by atoms with Crippen LogP contribution < -0.4 is 10.1 Å². The Morgan fingerprint density at radius 1 is 1.30 bits per heavy atom. The quantitative estimate of drug-likeness (QED) is 0.922. The molecule has 2 atom stereocenters. The number of benzene rings is 2. The summed E-state index contributed by atoms with van der Waals surface area (Å²) >= 11 is 0. The maximum atomic E-state index is 12.4. The van der Waals surface area contributed by atoms with E-state index in [2.05, 4.69) is 11.4 Å². The summed E-state index contributed by atoms with van der Waals surface area (Å²) in [5.74, 6) is 0.712. The number of ether oxygens (including phenoxy) is 2. The van der Waals surface area contributed by atoms with Gasteiger partial charge in [0.05, 0.1) is 19.1 Å². The van der Waals surface area contributed by atoms with Gasteiger partial charge >= 0.3 is 0 Å². The Kier molecular flexibility index (Phi) is 4.82. The maximum absolute atomic E-state index is 12.4. The molecule has 3 rings (SSSR count). The van der Waals surface area contributed by atoms with E-state index in [1.54, 1.807) is 7.11 Å². The number of carbonyl (C=O) groups is 1. The number of hydrogen-bond acceptors (Lipinski definition) is 3. The second-order valence-corrected chi connectivity index (χ2v) is 6.07. The van der Waals surface area contributed by atoms with Crippen LogP contribution >= 0.6 is 0 Å². The minimum Gasteiger partial charge on any atom is -0.497 e. The van der Waals surface area contributed by atoms with Crippen molar-refractivity contribution in [2.24, 2.45) is 0 Å².